The van der Waals surface area contributed by atoms with Crippen LogP contribution in [0.2, 0.25) is 5.02 Å². The van der Waals surface area contributed by atoms with E-state index in [0.717, 1.165) is 34.3 Å². The SMILES string of the molecule is CCn1c(SCC(=O)Nc2cccc(Cl)c2C)nnc1-c1csc(C)c1. The van der Waals surface area contributed by atoms with E-state index in [9.17, 15) is 4.79 Å². The van der Waals surface area contributed by atoms with Crippen molar-refractivity contribution in [3.8, 4) is 11.4 Å². The van der Waals surface area contributed by atoms with Gasteiger partial charge in [0.15, 0.2) is 11.0 Å². The maximum atomic E-state index is 12.3. The molecular formula is C18H19ClN4OS2. The highest BCUT2D eigenvalue weighted by Crippen LogP contribution is 2.28. The lowest BCUT2D eigenvalue weighted by Gasteiger charge is -2.09. The van der Waals surface area contributed by atoms with Gasteiger partial charge in [0.2, 0.25) is 5.91 Å². The summed E-state index contributed by atoms with van der Waals surface area (Å²) in [7, 11) is 0. The smallest absolute Gasteiger partial charge is 0.234 e. The number of anilines is 1. The maximum Gasteiger partial charge on any atom is 0.234 e. The molecule has 0 atom stereocenters. The minimum absolute atomic E-state index is 0.0982. The molecule has 136 valence electrons. The summed E-state index contributed by atoms with van der Waals surface area (Å²) < 4.78 is 2.03. The van der Waals surface area contributed by atoms with Crippen molar-refractivity contribution in [3.63, 3.8) is 0 Å². The largest absolute Gasteiger partial charge is 0.325 e. The number of nitrogens with one attached hydrogen (secondary N) is 1. The van der Waals surface area contributed by atoms with Gasteiger partial charge in [-0.05, 0) is 44.5 Å². The van der Waals surface area contributed by atoms with Gasteiger partial charge in [-0.1, -0.05) is 29.4 Å². The second-order valence-electron chi connectivity index (χ2n) is 5.75. The molecule has 1 amide bonds. The van der Waals surface area contributed by atoms with Crippen LogP contribution in [0.25, 0.3) is 11.4 Å². The quantitative estimate of drug-likeness (QED) is 0.583. The zero-order chi connectivity index (χ0) is 18.7. The maximum absolute atomic E-state index is 12.3. The van der Waals surface area contributed by atoms with E-state index in [1.807, 2.05) is 30.5 Å². The molecule has 3 aromatic rings. The van der Waals surface area contributed by atoms with Crippen molar-refractivity contribution >= 4 is 46.3 Å². The number of aromatic nitrogens is 3. The van der Waals surface area contributed by atoms with Crippen molar-refractivity contribution in [2.45, 2.75) is 32.5 Å². The molecule has 0 radical (unpaired) electrons. The number of hydrogen-bond donors (Lipinski definition) is 1. The summed E-state index contributed by atoms with van der Waals surface area (Å²) in [5, 5.41) is 14.9. The molecule has 3 rings (SSSR count). The molecule has 0 fully saturated rings. The van der Waals surface area contributed by atoms with Crippen LogP contribution < -0.4 is 5.32 Å². The lowest BCUT2D eigenvalue weighted by molar-refractivity contribution is -0.113. The Morgan fingerprint density at radius 3 is 2.85 bits per heavy atom. The number of amides is 1. The van der Waals surface area contributed by atoms with Gasteiger partial charge in [0.05, 0.1) is 5.75 Å². The highest BCUT2D eigenvalue weighted by molar-refractivity contribution is 7.99. The van der Waals surface area contributed by atoms with Gasteiger partial charge >= 0.3 is 0 Å². The van der Waals surface area contributed by atoms with Crippen LogP contribution >= 0.6 is 34.7 Å². The number of hydrogen-bond acceptors (Lipinski definition) is 5. The minimum atomic E-state index is -0.0982. The first-order valence-corrected chi connectivity index (χ1v) is 10.4. The first-order chi connectivity index (χ1) is 12.5. The molecule has 0 saturated carbocycles. The molecule has 0 aliphatic carbocycles. The third kappa shape index (κ3) is 4.11. The van der Waals surface area contributed by atoms with E-state index in [2.05, 4.69) is 33.9 Å². The van der Waals surface area contributed by atoms with E-state index < -0.39 is 0 Å². The van der Waals surface area contributed by atoms with E-state index in [0.29, 0.717) is 5.02 Å². The third-order valence-corrected chi connectivity index (χ3v) is 6.13. The summed E-state index contributed by atoms with van der Waals surface area (Å²) in [6.45, 7) is 6.74. The molecule has 2 aromatic heterocycles. The van der Waals surface area contributed by atoms with Crippen LogP contribution in [0.3, 0.4) is 0 Å². The van der Waals surface area contributed by atoms with E-state index in [1.54, 1.807) is 17.4 Å². The second-order valence-corrected chi connectivity index (χ2v) is 8.21. The molecule has 0 bridgehead atoms. The second kappa shape index (κ2) is 8.24. The van der Waals surface area contributed by atoms with E-state index in [-0.39, 0.29) is 11.7 Å². The number of carbonyl (C=O) groups excluding carboxylic acids is 1. The van der Waals surface area contributed by atoms with Gasteiger partial charge in [0.25, 0.3) is 0 Å². The van der Waals surface area contributed by atoms with Crippen LogP contribution in [0.1, 0.15) is 17.4 Å². The predicted molar refractivity (Wildman–Crippen MR) is 109 cm³/mol. The molecule has 1 N–H and O–H groups in total. The van der Waals surface area contributed by atoms with Crippen LogP contribution in [0, 0.1) is 13.8 Å². The van der Waals surface area contributed by atoms with Gasteiger partial charge in [0, 0.05) is 33.1 Å². The van der Waals surface area contributed by atoms with Gasteiger partial charge in [-0.15, -0.1) is 21.5 Å². The summed E-state index contributed by atoms with van der Waals surface area (Å²) in [5.41, 5.74) is 2.65. The van der Waals surface area contributed by atoms with Crippen LogP contribution in [-0.2, 0) is 11.3 Å². The Bertz CT molecular complexity index is 935. The number of thiophene rings is 1. The Labute approximate surface area is 165 Å². The molecule has 26 heavy (non-hydrogen) atoms. The number of benzene rings is 1. The normalized spacial score (nSPS) is 10.9. The van der Waals surface area contributed by atoms with Crippen molar-refractivity contribution in [2.75, 3.05) is 11.1 Å². The number of halogens is 1. The fourth-order valence-electron chi connectivity index (χ4n) is 2.51. The van der Waals surface area contributed by atoms with Gasteiger partial charge in [-0.2, -0.15) is 0 Å². The summed E-state index contributed by atoms with van der Waals surface area (Å²) in [6, 6.07) is 7.57. The van der Waals surface area contributed by atoms with Crippen molar-refractivity contribution < 1.29 is 4.79 Å². The molecule has 0 spiro atoms. The number of carbonyl (C=O) groups is 1. The topological polar surface area (TPSA) is 59.8 Å². The zero-order valence-corrected chi connectivity index (χ0v) is 17.1. The van der Waals surface area contributed by atoms with Crippen molar-refractivity contribution in [2.24, 2.45) is 0 Å². The molecule has 5 nitrogen and oxygen atoms in total. The van der Waals surface area contributed by atoms with Crippen molar-refractivity contribution in [3.05, 3.63) is 45.1 Å². The van der Waals surface area contributed by atoms with Crippen molar-refractivity contribution in [1.82, 2.24) is 14.8 Å². The fraction of sp³-hybridized carbons (Fsp3) is 0.278. The fourth-order valence-corrected chi connectivity index (χ4v) is 4.17. The lowest BCUT2D eigenvalue weighted by atomic mass is 10.2. The van der Waals surface area contributed by atoms with E-state index in [4.69, 9.17) is 11.6 Å². The standard InChI is InChI=1S/C18H19ClN4OS2/c1-4-23-17(13-8-11(2)25-9-13)21-22-18(23)26-10-16(24)20-15-7-5-6-14(19)12(15)3/h5-9H,4,10H2,1-3H3,(H,20,24). The number of aryl methyl sites for hydroxylation is 1. The Kier molecular flexibility index (Phi) is 6.01. The van der Waals surface area contributed by atoms with Gasteiger partial charge < -0.3 is 9.88 Å². The molecule has 0 saturated heterocycles. The first kappa shape index (κ1) is 18.9. The van der Waals surface area contributed by atoms with Crippen LogP contribution in [0.5, 0.6) is 0 Å². The van der Waals surface area contributed by atoms with Crippen LogP contribution in [0.4, 0.5) is 5.69 Å². The predicted octanol–water partition coefficient (Wildman–Crippen LogP) is 5.03. The van der Waals surface area contributed by atoms with E-state index >= 15 is 0 Å². The zero-order valence-electron chi connectivity index (χ0n) is 14.7. The number of rotatable bonds is 6. The highest BCUT2D eigenvalue weighted by Gasteiger charge is 2.16. The first-order valence-electron chi connectivity index (χ1n) is 8.16. The molecule has 0 aliphatic heterocycles. The average molecular weight is 407 g/mol. The number of thioether (sulfide) groups is 1. The van der Waals surface area contributed by atoms with Gasteiger partial charge in [0.1, 0.15) is 0 Å². The minimum Gasteiger partial charge on any atom is -0.325 e. The molecule has 2 heterocycles. The summed E-state index contributed by atoms with van der Waals surface area (Å²) in [4.78, 5) is 13.5. The number of nitrogens with zero attached hydrogens (tertiary/aromatic N) is 3. The van der Waals surface area contributed by atoms with Gasteiger partial charge in [-0.3, -0.25) is 4.79 Å². The van der Waals surface area contributed by atoms with Crippen molar-refractivity contribution in [1.29, 1.82) is 0 Å². The van der Waals surface area contributed by atoms with Crippen LogP contribution in [0.15, 0.2) is 34.8 Å². The summed E-state index contributed by atoms with van der Waals surface area (Å²) in [6.07, 6.45) is 0. The van der Waals surface area contributed by atoms with E-state index in [1.165, 1.54) is 16.6 Å². The lowest BCUT2D eigenvalue weighted by Crippen LogP contribution is -2.15. The van der Waals surface area contributed by atoms with Crippen LogP contribution in [-0.4, -0.2) is 26.4 Å². The Hall–Kier alpha value is -1.83. The Balaban J connectivity index is 1.69. The Morgan fingerprint density at radius 1 is 1.35 bits per heavy atom. The molecule has 8 heteroatoms. The molecule has 0 aliphatic rings. The molecule has 0 unspecified atom stereocenters. The monoisotopic (exact) mass is 406 g/mol. The summed E-state index contributed by atoms with van der Waals surface area (Å²) >= 11 is 9.16. The Morgan fingerprint density at radius 2 is 2.15 bits per heavy atom. The highest BCUT2D eigenvalue weighted by atomic mass is 35.5. The third-order valence-electron chi connectivity index (χ3n) is 3.90. The average Bonchev–Trinajstić information content (AvgIpc) is 3.22. The summed E-state index contributed by atoms with van der Waals surface area (Å²) in [5.74, 6) is 0.997. The van der Waals surface area contributed by atoms with Gasteiger partial charge in [-0.25, -0.2) is 0 Å². The molecular weight excluding hydrogens is 388 g/mol. The molecule has 1 aromatic carbocycles.